The maximum Gasteiger partial charge on any atom is 0.224 e. The van der Waals surface area contributed by atoms with Gasteiger partial charge in [-0.25, -0.2) is 9.36 Å². The van der Waals surface area contributed by atoms with Gasteiger partial charge in [0.1, 0.15) is 0 Å². The summed E-state index contributed by atoms with van der Waals surface area (Å²) in [7, 11) is 0. The molecule has 32 heavy (non-hydrogen) atoms. The van der Waals surface area contributed by atoms with Crippen molar-refractivity contribution in [3.05, 3.63) is 93.5 Å². The lowest BCUT2D eigenvalue weighted by molar-refractivity contribution is -0.120. The van der Waals surface area contributed by atoms with Crippen molar-refractivity contribution >= 4 is 29.1 Å². The molecule has 2 aromatic heterocycles. The van der Waals surface area contributed by atoms with Crippen molar-refractivity contribution in [2.75, 3.05) is 6.54 Å². The van der Waals surface area contributed by atoms with Crippen LogP contribution >= 0.6 is 23.2 Å². The highest BCUT2D eigenvalue weighted by atomic mass is 35.5. The number of aromatic nitrogens is 4. The molecule has 2 heterocycles. The van der Waals surface area contributed by atoms with E-state index in [1.54, 1.807) is 16.8 Å². The van der Waals surface area contributed by atoms with E-state index in [1.165, 1.54) is 0 Å². The summed E-state index contributed by atoms with van der Waals surface area (Å²) in [6.07, 6.45) is 4.77. The van der Waals surface area contributed by atoms with E-state index in [2.05, 4.69) is 15.5 Å². The van der Waals surface area contributed by atoms with Crippen LogP contribution in [0.5, 0.6) is 0 Å². The van der Waals surface area contributed by atoms with Crippen LogP contribution < -0.4 is 5.32 Å². The number of carbonyl (C=O) groups is 1. The fourth-order valence-corrected chi connectivity index (χ4v) is 4.09. The smallest absolute Gasteiger partial charge is 0.224 e. The molecule has 0 saturated carbocycles. The quantitative estimate of drug-likeness (QED) is 0.421. The first-order chi connectivity index (χ1) is 15.4. The van der Waals surface area contributed by atoms with Gasteiger partial charge in [0.05, 0.1) is 34.7 Å². The Morgan fingerprint density at radius 2 is 1.88 bits per heavy atom. The zero-order valence-electron chi connectivity index (χ0n) is 17.8. The second kappa shape index (κ2) is 9.59. The van der Waals surface area contributed by atoms with Crippen LogP contribution in [0.15, 0.2) is 60.9 Å². The zero-order chi connectivity index (χ0) is 22.7. The molecule has 0 spiro atoms. The largest absolute Gasteiger partial charge is 0.355 e. The molecule has 0 saturated heterocycles. The highest BCUT2D eigenvalue weighted by Gasteiger charge is 2.17. The number of aryl methyl sites for hydroxylation is 1. The minimum absolute atomic E-state index is 0.0478. The average Bonchev–Trinajstić information content (AvgIpc) is 3.35. The molecule has 0 aliphatic carbocycles. The van der Waals surface area contributed by atoms with E-state index in [9.17, 15) is 4.79 Å². The number of para-hydroxylation sites is 1. The van der Waals surface area contributed by atoms with E-state index in [0.717, 1.165) is 33.9 Å². The summed E-state index contributed by atoms with van der Waals surface area (Å²) < 4.78 is 3.59. The van der Waals surface area contributed by atoms with Crippen molar-refractivity contribution in [1.29, 1.82) is 0 Å². The number of nitrogens with one attached hydrogen (secondary N) is 1. The highest BCUT2D eigenvalue weighted by molar-refractivity contribution is 6.35. The lowest BCUT2D eigenvalue weighted by Crippen LogP contribution is -2.27. The Labute approximate surface area is 196 Å². The van der Waals surface area contributed by atoms with Crippen molar-refractivity contribution in [2.45, 2.75) is 26.7 Å². The van der Waals surface area contributed by atoms with E-state index in [0.29, 0.717) is 23.0 Å². The van der Waals surface area contributed by atoms with Crippen molar-refractivity contribution in [3.63, 3.8) is 0 Å². The normalized spacial score (nSPS) is 11.0. The van der Waals surface area contributed by atoms with Gasteiger partial charge in [-0.1, -0.05) is 41.4 Å². The first kappa shape index (κ1) is 22.1. The first-order valence-corrected chi connectivity index (χ1v) is 11.0. The van der Waals surface area contributed by atoms with Gasteiger partial charge in [-0.05, 0) is 56.2 Å². The van der Waals surface area contributed by atoms with Gasteiger partial charge >= 0.3 is 0 Å². The molecular formula is C24H23Cl2N5O. The third-order valence-electron chi connectivity index (χ3n) is 5.31. The number of amides is 1. The van der Waals surface area contributed by atoms with Crippen molar-refractivity contribution < 1.29 is 4.79 Å². The Balaban J connectivity index is 1.37. The molecule has 0 atom stereocenters. The van der Waals surface area contributed by atoms with Gasteiger partial charge in [0.2, 0.25) is 5.91 Å². The van der Waals surface area contributed by atoms with Crippen LogP contribution in [-0.2, 0) is 17.6 Å². The van der Waals surface area contributed by atoms with Crippen molar-refractivity contribution in [2.24, 2.45) is 0 Å². The molecule has 0 bridgehead atoms. The Hall–Kier alpha value is -3.09. The molecule has 4 aromatic rings. The highest BCUT2D eigenvalue weighted by Crippen LogP contribution is 2.27. The Kier molecular flexibility index (Phi) is 6.63. The molecular weight excluding hydrogens is 445 g/mol. The Bertz CT molecular complexity index is 1250. The fourth-order valence-electron chi connectivity index (χ4n) is 3.60. The van der Waals surface area contributed by atoms with Gasteiger partial charge in [0, 0.05) is 29.0 Å². The van der Waals surface area contributed by atoms with Crippen LogP contribution in [0.2, 0.25) is 10.0 Å². The molecule has 0 aliphatic heterocycles. The van der Waals surface area contributed by atoms with Crippen LogP contribution in [-0.4, -0.2) is 32.0 Å². The lowest BCUT2D eigenvalue weighted by Gasteiger charge is -2.08. The minimum atomic E-state index is -0.0478. The van der Waals surface area contributed by atoms with Crippen molar-refractivity contribution in [1.82, 2.24) is 24.9 Å². The van der Waals surface area contributed by atoms with Gasteiger partial charge in [-0.3, -0.25) is 4.79 Å². The maximum absolute atomic E-state index is 12.6. The summed E-state index contributed by atoms with van der Waals surface area (Å²) in [5.41, 5.74) is 5.38. The SMILES string of the molecule is Cc1nn(-c2ccc(Cl)cc2Cl)c(C)c1CC(=O)NCCc1cnn(-c2ccccc2)c1. The van der Waals surface area contributed by atoms with E-state index >= 15 is 0 Å². The third kappa shape index (κ3) is 4.87. The summed E-state index contributed by atoms with van der Waals surface area (Å²) in [5.74, 6) is -0.0478. The number of halogens is 2. The van der Waals surface area contributed by atoms with E-state index in [-0.39, 0.29) is 12.3 Å². The Morgan fingerprint density at radius 3 is 2.62 bits per heavy atom. The molecule has 164 valence electrons. The summed E-state index contributed by atoms with van der Waals surface area (Å²) >= 11 is 12.3. The van der Waals surface area contributed by atoms with Gasteiger partial charge in [-0.15, -0.1) is 0 Å². The Morgan fingerprint density at radius 1 is 1.09 bits per heavy atom. The number of carbonyl (C=O) groups excluding carboxylic acids is 1. The predicted molar refractivity (Wildman–Crippen MR) is 127 cm³/mol. The van der Waals surface area contributed by atoms with Crippen LogP contribution in [0.3, 0.4) is 0 Å². The molecule has 1 N–H and O–H groups in total. The second-order valence-electron chi connectivity index (χ2n) is 7.56. The van der Waals surface area contributed by atoms with Gasteiger partial charge < -0.3 is 5.32 Å². The minimum Gasteiger partial charge on any atom is -0.355 e. The zero-order valence-corrected chi connectivity index (χ0v) is 19.4. The molecule has 0 fully saturated rings. The average molecular weight is 468 g/mol. The van der Waals surface area contributed by atoms with Crippen LogP contribution in [0, 0.1) is 13.8 Å². The standard InChI is InChI=1S/C24H23Cl2N5O/c1-16-21(17(2)31(29-16)23-9-8-19(25)12-22(23)26)13-24(32)27-11-10-18-14-28-30(15-18)20-6-4-3-5-7-20/h3-9,12,14-15H,10-11,13H2,1-2H3,(H,27,32). The van der Waals surface area contributed by atoms with Crippen LogP contribution in [0.1, 0.15) is 22.5 Å². The van der Waals surface area contributed by atoms with Crippen LogP contribution in [0.25, 0.3) is 11.4 Å². The first-order valence-electron chi connectivity index (χ1n) is 10.3. The maximum atomic E-state index is 12.6. The molecule has 0 radical (unpaired) electrons. The molecule has 1 amide bonds. The number of hydrogen-bond acceptors (Lipinski definition) is 3. The third-order valence-corrected chi connectivity index (χ3v) is 5.85. The second-order valence-corrected chi connectivity index (χ2v) is 8.41. The van der Waals surface area contributed by atoms with Gasteiger partial charge in [0.25, 0.3) is 0 Å². The molecule has 2 aromatic carbocycles. The summed E-state index contributed by atoms with van der Waals surface area (Å²) in [5, 5.41) is 13.0. The fraction of sp³-hybridized carbons (Fsp3) is 0.208. The molecule has 0 aliphatic rings. The monoisotopic (exact) mass is 467 g/mol. The molecule has 8 heteroatoms. The number of nitrogens with zero attached hydrogens (tertiary/aromatic N) is 4. The number of rotatable bonds is 7. The molecule has 4 rings (SSSR count). The van der Waals surface area contributed by atoms with Gasteiger partial charge in [0.15, 0.2) is 0 Å². The van der Waals surface area contributed by atoms with E-state index < -0.39 is 0 Å². The van der Waals surface area contributed by atoms with E-state index in [1.807, 2.05) is 67.3 Å². The summed E-state index contributed by atoms with van der Waals surface area (Å²) in [6, 6.07) is 15.2. The predicted octanol–water partition coefficient (Wildman–Crippen LogP) is 4.88. The van der Waals surface area contributed by atoms with Gasteiger partial charge in [-0.2, -0.15) is 10.2 Å². The molecule has 6 nitrogen and oxygen atoms in total. The summed E-state index contributed by atoms with van der Waals surface area (Å²) in [4.78, 5) is 12.6. The van der Waals surface area contributed by atoms with Crippen LogP contribution in [0.4, 0.5) is 0 Å². The topological polar surface area (TPSA) is 64.7 Å². The number of benzene rings is 2. The van der Waals surface area contributed by atoms with E-state index in [4.69, 9.17) is 23.2 Å². The molecule has 0 unspecified atom stereocenters. The summed E-state index contributed by atoms with van der Waals surface area (Å²) in [6.45, 7) is 4.37. The number of hydrogen-bond donors (Lipinski definition) is 1. The lowest BCUT2D eigenvalue weighted by atomic mass is 10.1. The van der Waals surface area contributed by atoms with Crippen molar-refractivity contribution in [3.8, 4) is 11.4 Å².